The number of hydrogen-bond acceptors (Lipinski definition) is 3. The van der Waals surface area contributed by atoms with Crippen molar-refractivity contribution in [3.05, 3.63) is 0 Å². The van der Waals surface area contributed by atoms with Crippen LogP contribution in [0.5, 0.6) is 0 Å². The highest BCUT2D eigenvalue weighted by Crippen LogP contribution is 2.29. The Bertz CT molecular complexity index is 235. The predicted octanol–water partition coefficient (Wildman–Crippen LogP) is 3.50. The van der Waals surface area contributed by atoms with Crippen LogP contribution in [0.15, 0.2) is 0 Å². The number of aliphatic hydroxyl groups is 1. The minimum absolute atomic E-state index is 0.376. The molecule has 1 fully saturated rings. The van der Waals surface area contributed by atoms with Gasteiger partial charge in [0.25, 0.3) is 0 Å². The first-order valence-electron chi connectivity index (χ1n) is 8.70. The van der Waals surface area contributed by atoms with Crippen LogP contribution in [-0.2, 0) is 4.74 Å². The molecule has 0 radical (unpaired) electrons. The van der Waals surface area contributed by atoms with E-state index in [0.29, 0.717) is 31.2 Å². The average molecular weight is 285 g/mol. The first-order chi connectivity index (χ1) is 9.67. The molecular formula is C17H35NO2. The Kier molecular flexibility index (Phi) is 9.49. The normalized spacial score (nSPS) is 26.4. The third-order valence-corrected chi connectivity index (χ3v) is 4.56. The topological polar surface area (TPSA) is 41.5 Å². The molecule has 3 heteroatoms. The van der Waals surface area contributed by atoms with Gasteiger partial charge in [-0.05, 0) is 32.1 Å². The third kappa shape index (κ3) is 7.05. The van der Waals surface area contributed by atoms with E-state index in [-0.39, 0.29) is 6.10 Å². The molecule has 3 nitrogen and oxygen atoms in total. The molecule has 0 aromatic heterocycles. The van der Waals surface area contributed by atoms with Crippen molar-refractivity contribution in [3.8, 4) is 0 Å². The van der Waals surface area contributed by atoms with Gasteiger partial charge in [-0.2, -0.15) is 0 Å². The molecule has 0 amide bonds. The Hall–Kier alpha value is -0.120. The summed E-state index contributed by atoms with van der Waals surface area (Å²) in [6.07, 6.45) is 9.96. The largest absolute Gasteiger partial charge is 0.389 e. The lowest BCUT2D eigenvalue weighted by atomic mass is 9.85. The summed E-state index contributed by atoms with van der Waals surface area (Å²) in [6, 6.07) is 0.489. The number of nitrogens with one attached hydrogen (secondary N) is 1. The zero-order chi connectivity index (χ0) is 14.8. The Morgan fingerprint density at radius 1 is 1.25 bits per heavy atom. The van der Waals surface area contributed by atoms with Crippen LogP contribution in [0.2, 0.25) is 0 Å². The van der Waals surface area contributed by atoms with Gasteiger partial charge in [-0.15, -0.1) is 0 Å². The standard InChI is InChI=1S/C17H35NO2/c1-4-6-9-14(3)18-12-16(19)13-20-17-11-8-7-10-15(17)5-2/h14-19H,4-13H2,1-3H3. The number of rotatable bonds is 10. The highest BCUT2D eigenvalue weighted by molar-refractivity contribution is 4.75. The van der Waals surface area contributed by atoms with E-state index in [4.69, 9.17) is 4.74 Å². The quantitative estimate of drug-likeness (QED) is 0.645. The number of unbranched alkanes of at least 4 members (excludes halogenated alkanes) is 1. The molecule has 1 aliphatic carbocycles. The summed E-state index contributed by atoms with van der Waals surface area (Å²) >= 11 is 0. The Balaban J connectivity index is 2.13. The molecule has 1 rings (SSSR count). The summed E-state index contributed by atoms with van der Waals surface area (Å²) in [6.45, 7) is 7.78. The van der Waals surface area contributed by atoms with Gasteiger partial charge in [0.1, 0.15) is 0 Å². The van der Waals surface area contributed by atoms with Gasteiger partial charge in [-0.25, -0.2) is 0 Å². The summed E-state index contributed by atoms with van der Waals surface area (Å²) in [5, 5.41) is 13.4. The molecule has 120 valence electrons. The fourth-order valence-corrected chi connectivity index (χ4v) is 3.10. The van der Waals surface area contributed by atoms with Crippen molar-refractivity contribution in [3.63, 3.8) is 0 Å². The van der Waals surface area contributed by atoms with Crippen LogP contribution in [0.3, 0.4) is 0 Å². The molecule has 0 aromatic rings. The molecule has 0 spiro atoms. The zero-order valence-corrected chi connectivity index (χ0v) is 13.7. The summed E-state index contributed by atoms with van der Waals surface area (Å²) in [4.78, 5) is 0. The SMILES string of the molecule is CCCCC(C)NCC(O)COC1CCCCC1CC. The summed E-state index contributed by atoms with van der Waals surface area (Å²) in [7, 11) is 0. The Morgan fingerprint density at radius 3 is 2.70 bits per heavy atom. The highest BCUT2D eigenvalue weighted by Gasteiger charge is 2.24. The Morgan fingerprint density at radius 2 is 2.00 bits per heavy atom. The highest BCUT2D eigenvalue weighted by atomic mass is 16.5. The van der Waals surface area contributed by atoms with Gasteiger partial charge < -0.3 is 15.2 Å². The van der Waals surface area contributed by atoms with Gasteiger partial charge >= 0.3 is 0 Å². The molecule has 2 N–H and O–H groups in total. The molecular weight excluding hydrogens is 250 g/mol. The van der Waals surface area contributed by atoms with Crippen LogP contribution in [0.4, 0.5) is 0 Å². The maximum atomic E-state index is 10.0. The van der Waals surface area contributed by atoms with E-state index < -0.39 is 0 Å². The summed E-state index contributed by atoms with van der Waals surface area (Å²) in [5.41, 5.74) is 0. The molecule has 0 bridgehead atoms. The molecule has 4 unspecified atom stereocenters. The van der Waals surface area contributed by atoms with Gasteiger partial charge in [0.05, 0.1) is 18.8 Å². The van der Waals surface area contributed by atoms with Crippen molar-refractivity contribution in [2.75, 3.05) is 13.2 Å². The van der Waals surface area contributed by atoms with Gasteiger partial charge in [0.2, 0.25) is 0 Å². The monoisotopic (exact) mass is 285 g/mol. The second-order valence-corrected chi connectivity index (χ2v) is 6.43. The predicted molar refractivity (Wildman–Crippen MR) is 85.0 cm³/mol. The van der Waals surface area contributed by atoms with Crippen molar-refractivity contribution < 1.29 is 9.84 Å². The first-order valence-corrected chi connectivity index (χ1v) is 8.70. The van der Waals surface area contributed by atoms with Crippen molar-refractivity contribution in [2.45, 2.75) is 90.4 Å². The van der Waals surface area contributed by atoms with Crippen LogP contribution in [-0.4, -0.2) is 36.5 Å². The molecule has 1 aliphatic rings. The van der Waals surface area contributed by atoms with E-state index in [1.54, 1.807) is 0 Å². The molecule has 0 saturated heterocycles. The van der Waals surface area contributed by atoms with Crippen molar-refractivity contribution in [1.29, 1.82) is 0 Å². The number of ether oxygens (including phenoxy) is 1. The van der Waals surface area contributed by atoms with E-state index in [0.717, 1.165) is 0 Å². The lowest BCUT2D eigenvalue weighted by Gasteiger charge is -2.31. The number of hydrogen-bond donors (Lipinski definition) is 2. The molecule has 0 aromatic carbocycles. The minimum atomic E-state index is -0.376. The molecule has 0 aliphatic heterocycles. The van der Waals surface area contributed by atoms with E-state index in [1.807, 2.05) is 0 Å². The smallest absolute Gasteiger partial charge is 0.0897 e. The number of aliphatic hydroxyl groups excluding tert-OH is 1. The van der Waals surface area contributed by atoms with Gasteiger partial charge in [0.15, 0.2) is 0 Å². The maximum Gasteiger partial charge on any atom is 0.0897 e. The van der Waals surface area contributed by atoms with Gasteiger partial charge in [0, 0.05) is 12.6 Å². The van der Waals surface area contributed by atoms with Crippen LogP contribution < -0.4 is 5.32 Å². The van der Waals surface area contributed by atoms with E-state index in [1.165, 1.54) is 51.4 Å². The molecule has 0 heterocycles. The second-order valence-electron chi connectivity index (χ2n) is 6.43. The van der Waals surface area contributed by atoms with Gasteiger partial charge in [-0.1, -0.05) is 46.0 Å². The molecule has 20 heavy (non-hydrogen) atoms. The fourth-order valence-electron chi connectivity index (χ4n) is 3.10. The van der Waals surface area contributed by atoms with Crippen LogP contribution >= 0.6 is 0 Å². The second kappa shape index (κ2) is 10.6. The fraction of sp³-hybridized carbons (Fsp3) is 1.00. The van der Waals surface area contributed by atoms with Crippen LogP contribution in [0, 0.1) is 5.92 Å². The van der Waals surface area contributed by atoms with E-state index >= 15 is 0 Å². The van der Waals surface area contributed by atoms with Crippen molar-refractivity contribution in [1.82, 2.24) is 5.32 Å². The van der Waals surface area contributed by atoms with Crippen molar-refractivity contribution in [2.24, 2.45) is 5.92 Å². The van der Waals surface area contributed by atoms with Crippen LogP contribution in [0.25, 0.3) is 0 Å². The maximum absolute atomic E-state index is 10.0. The summed E-state index contributed by atoms with van der Waals surface area (Å²) < 4.78 is 5.97. The minimum Gasteiger partial charge on any atom is -0.389 e. The third-order valence-electron chi connectivity index (χ3n) is 4.56. The average Bonchev–Trinajstić information content (AvgIpc) is 2.48. The lowest BCUT2D eigenvalue weighted by molar-refractivity contribution is -0.0502. The zero-order valence-electron chi connectivity index (χ0n) is 13.7. The molecule has 1 saturated carbocycles. The van der Waals surface area contributed by atoms with Crippen molar-refractivity contribution >= 4 is 0 Å². The molecule has 4 atom stereocenters. The summed E-state index contributed by atoms with van der Waals surface area (Å²) in [5.74, 6) is 0.701. The first kappa shape index (κ1) is 17.9. The lowest BCUT2D eigenvalue weighted by Crippen LogP contribution is -2.38. The van der Waals surface area contributed by atoms with E-state index in [9.17, 15) is 5.11 Å². The van der Waals surface area contributed by atoms with Crippen LogP contribution in [0.1, 0.15) is 72.1 Å². The van der Waals surface area contributed by atoms with E-state index in [2.05, 4.69) is 26.1 Å². The Labute approximate surface area is 125 Å². The van der Waals surface area contributed by atoms with Gasteiger partial charge in [-0.3, -0.25) is 0 Å².